The molecule has 0 saturated heterocycles. The largest absolute Gasteiger partial charge is 0.351 e. The van der Waals surface area contributed by atoms with Crippen LogP contribution in [-0.4, -0.2) is 34.0 Å². The summed E-state index contributed by atoms with van der Waals surface area (Å²) in [6.45, 7) is 4.76. The van der Waals surface area contributed by atoms with E-state index in [-0.39, 0.29) is 23.1 Å². The molecule has 0 aliphatic rings. The Morgan fingerprint density at radius 2 is 1.95 bits per heavy atom. The standard InChI is InChI=1S/C13H22N4O3S/c1-10(2)9-16-21(19,20)17-12-6-4-3-5-11(12)13(18)15-8-7-14/h3-6,10,16-17H,7-9,14H2,1-2H3,(H,15,18). The van der Waals surface area contributed by atoms with E-state index in [1.165, 1.54) is 6.07 Å². The van der Waals surface area contributed by atoms with Gasteiger partial charge in [-0.25, -0.2) is 0 Å². The summed E-state index contributed by atoms with van der Waals surface area (Å²) in [4.78, 5) is 12.0. The summed E-state index contributed by atoms with van der Waals surface area (Å²) in [6, 6.07) is 6.40. The van der Waals surface area contributed by atoms with Crippen molar-refractivity contribution in [2.45, 2.75) is 13.8 Å². The SMILES string of the molecule is CC(C)CNS(=O)(=O)Nc1ccccc1C(=O)NCCN. The predicted molar refractivity (Wildman–Crippen MR) is 83.2 cm³/mol. The van der Waals surface area contributed by atoms with Gasteiger partial charge in [-0.3, -0.25) is 9.52 Å². The first-order valence-corrected chi connectivity index (χ1v) is 8.18. The maximum atomic E-state index is 12.0. The molecular weight excluding hydrogens is 292 g/mol. The van der Waals surface area contributed by atoms with Gasteiger partial charge in [-0.1, -0.05) is 26.0 Å². The van der Waals surface area contributed by atoms with Gasteiger partial charge in [0, 0.05) is 19.6 Å². The molecule has 0 heterocycles. The molecule has 0 unspecified atom stereocenters. The molecule has 5 N–H and O–H groups in total. The number of hydrogen-bond donors (Lipinski definition) is 4. The minimum atomic E-state index is -3.71. The molecule has 1 amide bonds. The van der Waals surface area contributed by atoms with Gasteiger partial charge >= 0.3 is 0 Å². The number of rotatable bonds is 8. The third kappa shape index (κ3) is 6.11. The average molecular weight is 314 g/mol. The first-order chi connectivity index (χ1) is 9.85. The van der Waals surface area contributed by atoms with Crippen LogP contribution < -0.4 is 20.5 Å². The summed E-state index contributed by atoms with van der Waals surface area (Å²) < 4.78 is 28.6. The highest BCUT2D eigenvalue weighted by Crippen LogP contribution is 2.16. The highest BCUT2D eigenvalue weighted by atomic mass is 32.2. The number of anilines is 1. The van der Waals surface area contributed by atoms with Crippen molar-refractivity contribution in [3.05, 3.63) is 29.8 Å². The fraction of sp³-hybridized carbons (Fsp3) is 0.462. The quantitative estimate of drug-likeness (QED) is 0.552. The van der Waals surface area contributed by atoms with Crippen LogP contribution in [0.15, 0.2) is 24.3 Å². The lowest BCUT2D eigenvalue weighted by Crippen LogP contribution is -2.34. The van der Waals surface area contributed by atoms with Crippen LogP contribution in [0.25, 0.3) is 0 Å². The normalized spacial score (nSPS) is 11.4. The van der Waals surface area contributed by atoms with Gasteiger partial charge in [-0.05, 0) is 18.1 Å². The van der Waals surface area contributed by atoms with E-state index in [4.69, 9.17) is 5.73 Å². The number of amides is 1. The van der Waals surface area contributed by atoms with Gasteiger partial charge in [0.2, 0.25) is 0 Å². The predicted octanol–water partition coefficient (Wildman–Crippen LogP) is 0.277. The van der Waals surface area contributed by atoms with E-state index in [9.17, 15) is 13.2 Å². The number of benzene rings is 1. The third-order valence-electron chi connectivity index (χ3n) is 2.53. The van der Waals surface area contributed by atoms with Gasteiger partial charge in [0.05, 0.1) is 11.3 Å². The zero-order valence-electron chi connectivity index (χ0n) is 12.2. The number of para-hydroxylation sites is 1. The molecule has 8 heteroatoms. The summed E-state index contributed by atoms with van der Waals surface area (Å²) in [5.41, 5.74) is 5.80. The van der Waals surface area contributed by atoms with Gasteiger partial charge in [0.15, 0.2) is 0 Å². The fourth-order valence-electron chi connectivity index (χ4n) is 1.51. The lowest BCUT2D eigenvalue weighted by Gasteiger charge is -2.14. The first kappa shape index (κ1) is 17.4. The van der Waals surface area contributed by atoms with Crippen LogP contribution in [0.3, 0.4) is 0 Å². The number of nitrogens with one attached hydrogen (secondary N) is 3. The number of hydrogen-bond acceptors (Lipinski definition) is 4. The van der Waals surface area contributed by atoms with E-state index in [0.717, 1.165) is 0 Å². The van der Waals surface area contributed by atoms with E-state index >= 15 is 0 Å². The monoisotopic (exact) mass is 314 g/mol. The Labute approximate surface area is 125 Å². The summed E-state index contributed by atoms with van der Waals surface area (Å²) in [7, 11) is -3.71. The molecule has 0 bridgehead atoms. The fourth-order valence-corrected chi connectivity index (χ4v) is 2.60. The lowest BCUT2D eigenvalue weighted by atomic mass is 10.1. The smallest absolute Gasteiger partial charge is 0.299 e. The van der Waals surface area contributed by atoms with Crippen molar-refractivity contribution in [2.24, 2.45) is 11.7 Å². The van der Waals surface area contributed by atoms with Crippen molar-refractivity contribution >= 4 is 21.8 Å². The number of carbonyl (C=O) groups is 1. The summed E-state index contributed by atoms with van der Waals surface area (Å²) in [5, 5.41) is 2.61. The molecule has 0 aromatic heterocycles. The van der Waals surface area contributed by atoms with Crippen LogP contribution in [0.4, 0.5) is 5.69 Å². The van der Waals surface area contributed by atoms with Crippen LogP contribution in [0.1, 0.15) is 24.2 Å². The first-order valence-electron chi connectivity index (χ1n) is 6.70. The molecule has 0 saturated carbocycles. The Bertz CT molecular complexity index is 573. The minimum absolute atomic E-state index is 0.185. The molecule has 7 nitrogen and oxygen atoms in total. The van der Waals surface area contributed by atoms with Crippen molar-refractivity contribution in [2.75, 3.05) is 24.4 Å². The minimum Gasteiger partial charge on any atom is -0.351 e. The second-order valence-electron chi connectivity index (χ2n) is 4.94. The Kier molecular flexibility index (Phi) is 6.60. The van der Waals surface area contributed by atoms with Gasteiger partial charge < -0.3 is 11.1 Å². The van der Waals surface area contributed by atoms with Gasteiger partial charge in [0.25, 0.3) is 16.1 Å². The molecule has 21 heavy (non-hydrogen) atoms. The Morgan fingerprint density at radius 3 is 2.57 bits per heavy atom. The maximum absolute atomic E-state index is 12.0. The highest BCUT2D eigenvalue weighted by molar-refractivity contribution is 7.90. The molecule has 0 aliphatic carbocycles. The molecule has 1 aromatic carbocycles. The molecule has 118 valence electrons. The second-order valence-corrected chi connectivity index (χ2v) is 6.44. The van der Waals surface area contributed by atoms with Gasteiger partial charge in [0.1, 0.15) is 0 Å². The number of nitrogens with two attached hydrogens (primary N) is 1. The van der Waals surface area contributed by atoms with E-state index in [1.807, 2.05) is 13.8 Å². The van der Waals surface area contributed by atoms with Crippen LogP contribution in [0.2, 0.25) is 0 Å². The zero-order chi connectivity index (χ0) is 15.9. The molecule has 0 aliphatic heterocycles. The topological polar surface area (TPSA) is 113 Å². The zero-order valence-corrected chi connectivity index (χ0v) is 13.0. The molecular formula is C13H22N4O3S. The van der Waals surface area contributed by atoms with Crippen molar-refractivity contribution in [3.8, 4) is 0 Å². The summed E-state index contributed by atoms with van der Waals surface area (Å²) in [6.07, 6.45) is 0. The van der Waals surface area contributed by atoms with Crippen LogP contribution in [0.5, 0.6) is 0 Å². The van der Waals surface area contributed by atoms with Crippen molar-refractivity contribution in [3.63, 3.8) is 0 Å². The summed E-state index contributed by atoms with van der Waals surface area (Å²) in [5.74, 6) is -0.188. The van der Waals surface area contributed by atoms with Crippen molar-refractivity contribution in [1.82, 2.24) is 10.0 Å². The third-order valence-corrected chi connectivity index (χ3v) is 3.56. The lowest BCUT2D eigenvalue weighted by molar-refractivity contribution is 0.0955. The molecule has 1 aromatic rings. The van der Waals surface area contributed by atoms with Crippen molar-refractivity contribution < 1.29 is 13.2 Å². The number of carbonyl (C=O) groups excluding carboxylic acids is 1. The maximum Gasteiger partial charge on any atom is 0.299 e. The summed E-state index contributed by atoms with van der Waals surface area (Å²) >= 11 is 0. The van der Waals surface area contributed by atoms with E-state index in [0.29, 0.717) is 19.6 Å². The van der Waals surface area contributed by atoms with E-state index in [2.05, 4.69) is 14.8 Å². The Morgan fingerprint density at radius 1 is 1.29 bits per heavy atom. The van der Waals surface area contributed by atoms with Gasteiger partial charge in [-0.2, -0.15) is 13.1 Å². The second kappa shape index (κ2) is 7.96. The molecule has 0 spiro atoms. The van der Waals surface area contributed by atoms with E-state index in [1.54, 1.807) is 18.2 Å². The highest BCUT2D eigenvalue weighted by Gasteiger charge is 2.16. The molecule has 0 fully saturated rings. The van der Waals surface area contributed by atoms with Gasteiger partial charge in [-0.15, -0.1) is 0 Å². The van der Waals surface area contributed by atoms with Crippen LogP contribution in [-0.2, 0) is 10.2 Å². The van der Waals surface area contributed by atoms with Crippen LogP contribution in [0, 0.1) is 5.92 Å². The Balaban J connectivity index is 2.86. The molecule has 0 radical (unpaired) electrons. The molecule has 0 atom stereocenters. The van der Waals surface area contributed by atoms with E-state index < -0.39 is 10.2 Å². The van der Waals surface area contributed by atoms with Crippen LogP contribution >= 0.6 is 0 Å². The average Bonchev–Trinajstić information content (AvgIpc) is 2.43. The Hall–Kier alpha value is -1.64. The van der Waals surface area contributed by atoms with Crippen molar-refractivity contribution in [1.29, 1.82) is 0 Å². The molecule has 1 rings (SSSR count).